The van der Waals surface area contributed by atoms with Gasteiger partial charge >= 0.3 is 0 Å². The second kappa shape index (κ2) is 5.11. The summed E-state index contributed by atoms with van der Waals surface area (Å²) in [6.45, 7) is -0.397. The van der Waals surface area contributed by atoms with Gasteiger partial charge in [0, 0.05) is 11.8 Å². The molecule has 2 aromatic carbocycles. The molecule has 0 radical (unpaired) electrons. The molecule has 0 aliphatic heterocycles. The summed E-state index contributed by atoms with van der Waals surface area (Å²) < 4.78 is 36.3. The molecule has 19 heavy (non-hydrogen) atoms. The quantitative estimate of drug-likeness (QED) is 0.939. The van der Waals surface area contributed by atoms with E-state index < -0.39 is 22.3 Å². The zero-order chi connectivity index (χ0) is 14.0. The van der Waals surface area contributed by atoms with Gasteiger partial charge in [0.1, 0.15) is 5.82 Å². The van der Waals surface area contributed by atoms with E-state index >= 15 is 0 Å². The lowest BCUT2D eigenvalue weighted by Crippen LogP contribution is -1.97. The van der Waals surface area contributed by atoms with Crippen molar-refractivity contribution >= 4 is 9.84 Å². The Hall–Kier alpha value is -1.72. The minimum atomic E-state index is -3.28. The van der Waals surface area contributed by atoms with E-state index in [4.69, 9.17) is 5.11 Å². The summed E-state index contributed by atoms with van der Waals surface area (Å²) in [6, 6.07) is 10.7. The van der Waals surface area contributed by atoms with Gasteiger partial charge in [-0.3, -0.25) is 0 Å². The van der Waals surface area contributed by atoms with Crippen molar-refractivity contribution in [1.29, 1.82) is 0 Å². The molecule has 0 fully saturated rings. The van der Waals surface area contributed by atoms with Gasteiger partial charge in [-0.25, -0.2) is 12.8 Å². The fraction of sp³-hybridized carbons (Fsp3) is 0.143. The van der Waals surface area contributed by atoms with Crippen molar-refractivity contribution in [3.8, 4) is 11.1 Å². The minimum absolute atomic E-state index is 0.183. The van der Waals surface area contributed by atoms with Gasteiger partial charge < -0.3 is 5.11 Å². The Kier molecular flexibility index (Phi) is 3.68. The molecule has 5 heteroatoms. The number of aliphatic hydroxyl groups is 1. The van der Waals surface area contributed by atoms with Gasteiger partial charge in [-0.1, -0.05) is 18.2 Å². The first-order valence-corrected chi connectivity index (χ1v) is 7.51. The van der Waals surface area contributed by atoms with Crippen LogP contribution in [-0.2, 0) is 16.4 Å². The third-order valence-corrected chi connectivity index (χ3v) is 3.92. The highest BCUT2D eigenvalue weighted by Gasteiger charge is 2.09. The fourth-order valence-corrected chi connectivity index (χ4v) is 2.45. The monoisotopic (exact) mass is 280 g/mol. The van der Waals surface area contributed by atoms with Crippen molar-refractivity contribution in [3.05, 3.63) is 53.8 Å². The summed E-state index contributed by atoms with van der Waals surface area (Å²) in [5.74, 6) is -0.481. The first-order chi connectivity index (χ1) is 8.91. The van der Waals surface area contributed by atoms with Gasteiger partial charge in [-0.15, -0.1) is 0 Å². The molecule has 0 saturated carbocycles. The number of hydrogen-bond acceptors (Lipinski definition) is 3. The number of sulfone groups is 1. The van der Waals surface area contributed by atoms with Crippen LogP contribution >= 0.6 is 0 Å². The van der Waals surface area contributed by atoms with Gasteiger partial charge in [0.15, 0.2) is 9.84 Å². The maximum absolute atomic E-state index is 13.3. The van der Waals surface area contributed by atoms with Gasteiger partial charge in [0.05, 0.1) is 11.5 Å². The molecule has 0 bridgehead atoms. The molecule has 0 amide bonds. The smallest absolute Gasteiger partial charge is 0.175 e. The van der Waals surface area contributed by atoms with Crippen LogP contribution < -0.4 is 0 Å². The predicted octanol–water partition coefficient (Wildman–Crippen LogP) is 2.39. The molecule has 2 aromatic rings. The molecule has 0 aromatic heterocycles. The molecule has 0 saturated heterocycles. The van der Waals surface area contributed by atoms with Crippen LogP contribution in [-0.4, -0.2) is 19.8 Å². The Morgan fingerprint density at radius 3 is 2.42 bits per heavy atom. The van der Waals surface area contributed by atoms with Gasteiger partial charge in [0.25, 0.3) is 0 Å². The summed E-state index contributed by atoms with van der Waals surface area (Å²) in [6.07, 6.45) is 1.13. The Bertz CT molecular complexity index is 708. The third kappa shape index (κ3) is 3.00. The SMILES string of the molecule is CS(=O)(=O)c1cccc(-c2ccc(F)c(CO)c2)c1. The van der Waals surface area contributed by atoms with Crippen LogP contribution in [0.3, 0.4) is 0 Å². The highest BCUT2D eigenvalue weighted by molar-refractivity contribution is 7.90. The van der Waals surface area contributed by atoms with E-state index in [1.807, 2.05) is 0 Å². The van der Waals surface area contributed by atoms with E-state index in [-0.39, 0.29) is 10.5 Å². The standard InChI is InChI=1S/C14H13FO3S/c1-19(17,18)13-4-2-3-10(8-13)11-5-6-14(15)12(7-11)9-16/h2-8,16H,9H2,1H3. The van der Waals surface area contributed by atoms with Crippen molar-refractivity contribution in [2.45, 2.75) is 11.5 Å². The molecule has 100 valence electrons. The van der Waals surface area contributed by atoms with Crippen LogP contribution in [0.15, 0.2) is 47.4 Å². The zero-order valence-corrected chi connectivity index (χ0v) is 11.1. The normalized spacial score (nSPS) is 11.5. The summed E-state index contributed by atoms with van der Waals surface area (Å²) in [5.41, 5.74) is 1.51. The summed E-state index contributed by atoms with van der Waals surface area (Å²) in [5, 5.41) is 9.04. The number of aliphatic hydroxyl groups excluding tert-OH is 1. The van der Waals surface area contributed by atoms with Crippen molar-refractivity contribution in [3.63, 3.8) is 0 Å². The molecular weight excluding hydrogens is 267 g/mol. The first kappa shape index (κ1) is 13.7. The number of hydrogen-bond donors (Lipinski definition) is 1. The highest BCUT2D eigenvalue weighted by atomic mass is 32.2. The van der Waals surface area contributed by atoms with Crippen molar-refractivity contribution in [2.24, 2.45) is 0 Å². The average molecular weight is 280 g/mol. The number of benzene rings is 2. The summed E-state index contributed by atoms with van der Waals surface area (Å²) >= 11 is 0. The van der Waals surface area contributed by atoms with Crippen LogP contribution in [0.5, 0.6) is 0 Å². The molecule has 1 N–H and O–H groups in total. The Morgan fingerprint density at radius 1 is 1.11 bits per heavy atom. The lowest BCUT2D eigenvalue weighted by molar-refractivity contribution is 0.276. The van der Waals surface area contributed by atoms with Gasteiger partial charge in [0.2, 0.25) is 0 Å². The molecule has 3 nitrogen and oxygen atoms in total. The van der Waals surface area contributed by atoms with E-state index in [2.05, 4.69) is 0 Å². The van der Waals surface area contributed by atoms with Crippen LogP contribution in [0, 0.1) is 5.82 Å². The maximum atomic E-state index is 13.3. The van der Waals surface area contributed by atoms with E-state index in [0.29, 0.717) is 11.1 Å². The van der Waals surface area contributed by atoms with Gasteiger partial charge in [-0.05, 0) is 35.4 Å². The van der Waals surface area contributed by atoms with Crippen LogP contribution in [0.1, 0.15) is 5.56 Å². The average Bonchev–Trinajstić information content (AvgIpc) is 2.38. The van der Waals surface area contributed by atoms with Crippen molar-refractivity contribution < 1.29 is 17.9 Å². The van der Waals surface area contributed by atoms with Crippen LogP contribution in [0.2, 0.25) is 0 Å². The Balaban J connectivity index is 2.54. The molecule has 0 aliphatic rings. The zero-order valence-electron chi connectivity index (χ0n) is 10.3. The molecular formula is C14H13FO3S. The highest BCUT2D eigenvalue weighted by Crippen LogP contribution is 2.24. The van der Waals surface area contributed by atoms with Gasteiger partial charge in [-0.2, -0.15) is 0 Å². The van der Waals surface area contributed by atoms with E-state index in [9.17, 15) is 12.8 Å². The summed E-state index contributed by atoms with van der Waals surface area (Å²) in [4.78, 5) is 0.208. The minimum Gasteiger partial charge on any atom is -0.392 e. The van der Waals surface area contributed by atoms with Crippen molar-refractivity contribution in [1.82, 2.24) is 0 Å². The van der Waals surface area contributed by atoms with Crippen molar-refractivity contribution in [2.75, 3.05) is 6.26 Å². The molecule has 0 spiro atoms. The second-order valence-electron chi connectivity index (χ2n) is 4.26. The van der Waals surface area contributed by atoms with Crippen LogP contribution in [0.4, 0.5) is 4.39 Å². The fourth-order valence-electron chi connectivity index (χ4n) is 1.78. The lowest BCUT2D eigenvalue weighted by atomic mass is 10.0. The molecule has 0 aliphatic carbocycles. The maximum Gasteiger partial charge on any atom is 0.175 e. The first-order valence-electron chi connectivity index (χ1n) is 5.61. The summed E-state index contributed by atoms with van der Waals surface area (Å²) in [7, 11) is -3.28. The Labute approximate surface area is 111 Å². The Morgan fingerprint density at radius 2 is 1.79 bits per heavy atom. The van der Waals surface area contributed by atoms with E-state index in [1.165, 1.54) is 24.3 Å². The lowest BCUT2D eigenvalue weighted by Gasteiger charge is -2.07. The third-order valence-electron chi connectivity index (χ3n) is 2.81. The number of halogens is 1. The molecule has 0 unspecified atom stereocenters. The second-order valence-corrected chi connectivity index (χ2v) is 6.28. The topological polar surface area (TPSA) is 54.4 Å². The van der Waals surface area contributed by atoms with E-state index in [0.717, 1.165) is 6.26 Å². The number of rotatable bonds is 3. The molecule has 2 rings (SSSR count). The molecule has 0 heterocycles. The predicted molar refractivity (Wildman–Crippen MR) is 70.9 cm³/mol. The van der Waals surface area contributed by atoms with E-state index in [1.54, 1.807) is 18.2 Å². The largest absolute Gasteiger partial charge is 0.392 e. The van der Waals surface area contributed by atoms with Crippen LogP contribution in [0.25, 0.3) is 11.1 Å². The molecule has 0 atom stereocenters.